The molecule has 1 aromatic heterocycles. The molecular weight excluding hydrogens is 342 g/mol. The van der Waals surface area contributed by atoms with E-state index in [1.165, 1.54) is 25.6 Å². The van der Waals surface area contributed by atoms with Crippen molar-refractivity contribution in [1.82, 2.24) is 9.97 Å². The van der Waals surface area contributed by atoms with Crippen molar-refractivity contribution >= 4 is 39.9 Å². The Balaban J connectivity index is 1.75. The van der Waals surface area contributed by atoms with Crippen LogP contribution in [0.1, 0.15) is 0 Å². The van der Waals surface area contributed by atoms with Gasteiger partial charge in [0, 0.05) is 17.8 Å². The third-order valence-electron chi connectivity index (χ3n) is 3.53. The minimum absolute atomic E-state index is 0.0193. The number of fused-ring (bicyclic) bond motifs is 1. The molecule has 132 valence electrons. The molecule has 1 heterocycles. The van der Waals surface area contributed by atoms with Crippen LogP contribution in [0.5, 0.6) is 5.75 Å². The monoisotopic (exact) mass is 355 g/mol. The van der Waals surface area contributed by atoms with E-state index in [4.69, 9.17) is 4.74 Å². The van der Waals surface area contributed by atoms with E-state index < -0.39 is 16.7 Å². The SMILES string of the molecule is COc1ccc([N+](=O)[O-])cc1NC(=O)C(=O)Nc1ccc2nc[nH]c2c1. The molecule has 0 aliphatic rings. The van der Waals surface area contributed by atoms with Crippen LogP contribution >= 0.6 is 0 Å². The minimum Gasteiger partial charge on any atom is -0.495 e. The van der Waals surface area contributed by atoms with Gasteiger partial charge in [-0.1, -0.05) is 0 Å². The van der Waals surface area contributed by atoms with E-state index in [2.05, 4.69) is 20.6 Å². The molecule has 3 N–H and O–H groups in total. The molecule has 3 aromatic rings. The summed E-state index contributed by atoms with van der Waals surface area (Å²) in [7, 11) is 1.34. The van der Waals surface area contributed by atoms with E-state index in [0.29, 0.717) is 16.7 Å². The number of non-ortho nitro benzene ring substituents is 1. The molecule has 0 saturated carbocycles. The average molecular weight is 355 g/mol. The Morgan fingerprint density at radius 1 is 1.15 bits per heavy atom. The molecule has 0 aliphatic heterocycles. The first-order valence-corrected chi connectivity index (χ1v) is 7.36. The number of hydrogen-bond acceptors (Lipinski definition) is 6. The van der Waals surface area contributed by atoms with Gasteiger partial charge in [0.1, 0.15) is 5.75 Å². The third-order valence-corrected chi connectivity index (χ3v) is 3.53. The molecule has 0 saturated heterocycles. The first-order valence-electron chi connectivity index (χ1n) is 7.36. The van der Waals surface area contributed by atoms with Crippen molar-refractivity contribution in [1.29, 1.82) is 0 Å². The first kappa shape index (κ1) is 16.9. The Hall–Kier alpha value is -3.95. The molecule has 26 heavy (non-hydrogen) atoms. The van der Waals surface area contributed by atoms with Gasteiger partial charge in [-0.2, -0.15) is 0 Å². The molecule has 0 unspecified atom stereocenters. The summed E-state index contributed by atoms with van der Waals surface area (Å²) in [5, 5.41) is 15.6. The van der Waals surface area contributed by atoms with Crippen LogP contribution in [0.2, 0.25) is 0 Å². The van der Waals surface area contributed by atoms with Crippen LogP contribution < -0.4 is 15.4 Å². The molecule has 0 radical (unpaired) electrons. The minimum atomic E-state index is -0.992. The van der Waals surface area contributed by atoms with Crippen LogP contribution in [0.15, 0.2) is 42.7 Å². The molecular formula is C16H13N5O5. The number of aromatic amines is 1. The number of carbonyl (C=O) groups excluding carboxylic acids is 2. The van der Waals surface area contributed by atoms with Crippen LogP contribution in [-0.2, 0) is 9.59 Å². The van der Waals surface area contributed by atoms with Gasteiger partial charge in [-0.15, -0.1) is 0 Å². The van der Waals surface area contributed by atoms with Crippen molar-refractivity contribution < 1.29 is 19.2 Å². The van der Waals surface area contributed by atoms with Crippen LogP contribution in [0.4, 0.5) is 17.1 Å². The number of imidazole rings is 1. The predicted octanol–water partition coefficient (Wildman–Crippen LogP) is 2.06. The summed E-state index contributed by atoms with van der Waals surface area (Å²) >= 11 is 0. The molecule has 0 spiro atoms. The Labute approximate surface area is 146 Å². The molecule has 0 fully saturated rings. The second-order valence-electron chi connectivity index (χ2n) is 5.18. The van der Waals surface area contributed by atoms with Crippen molar-refractivity contribution in [3.05, 3.63) is 52.8 Å². The number of benzene rings is 2. The number of anilines is 2. The molecule has 10 heteroatoms. The van der Waals surface area contributed by atoms with Crippen molar-refractivity contribution in [2.24, 2.45) is 0 Å². The number of nitro benzene ring substituents is 1. The lowest BCUT2D eigenvalue weighted by atomic mass is 10.2. The summed E-state index contributed by atoms with van der Waals surface area (Å²) in [5.74, 6) is -1.73. The quantitative estimate of drug-likeness (QED) is 0.372. The van der Waals surface area contributed by atoms with Crippen molar-refractivity contribution in [3.8, 4) is 5.75 Å². The van der Waals surface area contributed by atoms with Gasteiger partial charge in [0.25, 0.3) is 5.69 Å². The third kappa shape index (κ3) is 3.43. The lowest BCUT2D eigenvalue weighted by Crippen LogP contribution is -2.29. The molecule has 2 aromatic carbocycles. The van der Waals surface area contributed by atoms with Crippen molar-refractivity contribution in [2.45, 2.75) is 0 Å². The van der Waals surface area contributed by atoms with E-state index in [1.54, 1.807) is 18.2 Å². The Morgan fingerprint density at radius 2 is 1.92 bits per heavy atom. The predicted molar refractivity (Wildman–Crippen MR) is 93.0 cm³/mol. The smallest absolute Gasteiger partial charge is 0.314 e. The summed E-state index contributed by atoms with van der Waals surface area (Å²) in [6.45, 7) is 0. The maximum absolute atomic E-state index is 12.1. The molecule has 2 amide bonds. The highest BCUT2D eigenvalue weighted by Crippen LogP contribution is 2.28. The largest absolute Gasteiger partial charge is 0.495 e. The van der Waals surface area contributed by atoms with Crippen molar-refractivity contribution in [2.75, 3.05) is 17.7 Å². The topological polar surface area (TPSA) is 139 Å². The van der Waals surface area contributed by atoms with Gasteiger partial charge in [0.2, 0.25) is 0 Å². The average Bonchev–Trinajstić information content (AvgIpc) is 3.09. The van der Waals surface area contributed by atoms with Crippen LogP contribution in [-0.4, -0.2) is 33.8 Å². The zero-order valence-corrected chi connectivity index (χ0v) is 13.5. The number of nitrogens with one attached hydrogen (secondary N) is 3. The number of H-pyrrole nitrogens is 1. The lowest BCUT2D eigenvalue weighted by molar-refractivity contribution is -0.384. The fourth-order valence-electron chi connectivity index (χ4n) is 2.29. The highest BCUT2D eigenvalue weighted by molar-refractivity contribution is 6.43. The fraction of sp³-hybridized carbons (Fsp3) is 0.0625. The van der Waals surface area contributed by atoms with E-state index in [9.17, 15) is 19.7 Å². The van der Waals surface area contributed by atoms with E-state index >= 15 is 0 Å². The Kier molecular flexibility index (Phi) is 4.48. The van der Waals surface area contributed by atoms with Crippen LogP contribution in [0, 0.1) is 10.1 Å². The van der Waals surface area contributed by atoms with Crippen LogP contribution in [0.3, 0.4) is 0 Å². The zero-order chi connectivity index (χ0) is 18.7. The maximum Gasteiger partial charge on any atom is 0.314 e. The van der Waals surface area contributed by atoms with Gasteiger partial charge in [-0.05, 0) is 24.3 Å². The molecule has 0 aliphatic carbocycles. The number of aromatic nitrogens is 2. The van der Waals surface area contributed by atoms with E-state index in [-0.39, 0.29) is 17.1 Å². The standard InChI is InChI=1S/C16H13N5O5/c1-26-14-5-3-10(21(24)25)7-13(14)20-16(23)15(22)19-9-2-4-11-12(6-9)18-8-17-11/h2-8H,1H3,(H,17,18)(H,19,22)(H,20,23). The van der Waals surface area contributed by atoms with Crippen LogP contribution in [0.25, 0.3) is 11.0 Å². The number of methoxy groups -OCH3 is 1. The number of hydrogen-bond donors (Lipinski definition) is 3. The molecule has 10 nitrogen and oxygen atoms in total. The normalized spacial score (nSPS) is 10.3. The number of ether oxygens (including phenoxy) is 1. The number of rotatable bonds is 4. The molecule has 3 rings (SSSR count). The second-order valence-corrected chi connectivity index (χ2v) is 5.18. The summed E-state index contributed by atoms with van der Waals surface area (Å²) in [6.07, 6.45) is 1.51. The molecule has 0 bridgehead atoms. The second kappa shape index (κ2) is 6.89. The van der Waals surface area contributed by atoms with Gasteiger partial charge < -0.3 is 20.4 Å². The van der Waals surface area contributed by atoms with Gasteiger partial charge in [0.15, 0.2) is 0 Å². The Morgan fingerprint density at radius 3 is 2.65 bits per heavy atom. The van der Waals surface area contributed by atoms with Gasteiger partial charge >= 0.3 is 11.8 Å². The summed E-state index contributed by atoms with van der Waals surface area (Å²) in [4.78, 5) is 41.4. The van der Waals surface area contributed by atoms with Gasteiger partial charge in [-0.25, -0.2) is 4.98 Å². The summed E-state index contributed by atoms with van der Waals surface area (Å²) in [6, 6.07) is 8.58. The first-order chi connectivity index (χ1) is 12.5. The number of nitro groups is 1. The van der Waals surface area contributed by atoms with E-state index in [0.717, 1.165) is 6.07 Å². The number of nitrogens with zero attached hydrogens (tertiary/aromatic N) is 2. The maximum atomic E-state index is 12.1. The highest BCUT2D eigenvalue weighted by Gasteiger charge is 2.18. The fourth-order valence-corrected chi connectivity index (χ4v) is 2.29. The van der Waals surface area contributed by atoms with Gasteiger partial charge in [0.05, 0.1) is 35.1 Å². The zero-order valence-electron chi connectivity index (χ0n) is 13.5. The number of amides is 2. The number of carbonyl (C=O) groups is 2. The van der Waals surface area contributed by atoms with E-state index in [1.807, 2.05) is 0 Å². The summed E-state index contributed by atoms with van der Waals surface area (Å²) < 4.78 is 5.04. The highest BCUT2D eigenvalue weighted by atomic mass is 16.6. The lowest BCUT2D eigenvalue weighted by Gasteiger charge is -2.10. The molecule has 0 atom stereocenters. The van der Waals surface area contributed by atoms with Crippen molar-refractivity contribution in [3.63, 3.8) is 0 Å². The Bertz CT molecular complexity index is 1010. The van der Waals surface area contributed by atoms with Gasteiger partial charge in [-0.3, -0.25) is 19.7 Å². The summed E-state index contributed by atoms with van der Waals surface area (Å²) in [5.41, 5.74) is 1.59.